The highest BCUT2D eigenvalue weighted by Crippen LogP contribution is 0.427. The molecule has 0 spiro atoms. The summed E-state index contributed by atoms with van der Waals surface area (Å²) in [6.07, 6.45) is 0. The highest BCUT2D eigenvalue weighted by molar-refractivity contribution is 5.84. The number of rotatable bonds is 0. The third kappa shape index (κ3) is 29300. The highest BCUT2D eigenvalue weighted by Gasteiger charge is 0.566. The van der Waals surface area contributed by atoms with Gasteiger partial charge >= 0.3 is 0 Å². The molecular weight excluding hydrogens is 64.9 g/mol. The van der Waals surface area contributed by atoms with Crippen LogP contribution >= 0.6 is 0 Å². The fourth-order valence-electron chi connectivity index (χ4n) is 0. The van der Waals surface area contributed by atoms with E-state index in [1.807, 2.05) is 0 Å². The molecule has 3 heteroatoms. The molecule has 0 saturated carbocycles. The standard InChI is InChI=1S/CH4.B.HNSi/c;;1-2/h1H4;;2H. The van der Waals surface area contributed by atoms with Crippen LogP contribution < -0.4 is 0 Å². The first-order valence-corrected chi connectivity index (χ1v) is 0.775. The van der Waals surface area contributed by atoms with Gasteiger partial charge in [0.05, 0.1) is 0 Å². The molecule has 21 valence electrons. The van der Waals surface area contributed by atoms with E-state index < -0.39 is 0 Å². The Bertz CT molecular complexity index is 12.8. The first-order valence-electron chi connectivity index (χ1n) is 0.258. The lowest BCUT2D eigenvalue weighted by molar-refractivity contribution is 1.64. The summed E-state index contributed by atoms with van der Waals surface area (Å²) >= 11 is 0. The third-order valence-electron chi connectivity index (χ3n) is 0. The molecule has 0 aliphatic carbocycles. The summed E-state index contributed by atoms with van der Waals surface area (Å²) < 4.78 is 0. The van der Waals surface area contributed by atoms with Crippen LogP contribution in [-0.4, -0.2) is 18.3 Å². The molecule has 0 heterocycles. The van der Waals surface area contributed by atoms with E-state index in [1.54, 1.807) is 0 Å². The maximum absolute atomic E-state index is 6.92. The predicted molar refractivity (Wildman–Crippen MR) is 21.4 cm³/mol. The molecule has 0 unspecified atom stereocenters. The first-order chi connectivity index (χ1) is 1.00. The van der Waals surface area contributed by atoms with Crippen LogP contribution in [0.1, 0.15) is 7.43 Å². The SMILES string of the molecule is C.N#[SiH].[B]. The fraction of sp³-hybridized carbons (Fsp3) is 1.00. The van der Waals surface area contributed by atoms with Crippen molar-refractivity contribution in [2.45, 2.75) is 7.43 Å². The Kier molecular flexibility index (Phi) is 1610000. The maximum atomic E-state index is 6.92. The molecule has 0 atom stereocenters. The van der Waals surface area contributed by atoms with E-state index in [-0.39, 0.29) is 15.8 Å². The smallest absolute Gasteiger partial charge is 0.176 e. The van der Waals surface area contributed by atoms with Crippen molar-refractivity contribution in [3.63, 3.8) is 0 Å². The average Bonchev–Trinajstić information content (AvgIpc) is 1.00. The van der Waals surface area contributed by atoms with Crippen LogP contribution in [0.15, 0.2) is 0 Å². The van der Waals surface area contributed by atoms with E-state index in [4.69, 9.17) is 4.89 Å². The van der Waals surface area contributed by atoms with Gasteiger partial charge in [0.1, 0.15) is 0 Å². The van der Waals surface area contributed by atoms with E-state index in [0.717, 1.165) is 0 Å². The molecule has 3 radical (unpaired) electrons. The molecule has 0 rings (SSSR count). The van der Waals surface area contributed by atoms with Crippen molar-refractivity contribution >= 4 is 18.3 Å². The van der Waals surface area contributed by atoms with E-state index in [1.165, 1.54) is 9.88 Å². The zero-order valence-corrected chi connectivity index (χ0v) is 2.76. The summed E-state index contributed by atoms with van der Waals surface area (Å²) in [5.41, 5.74) is 0. The largest absolute Gasteiger partial charge is 0.289 e. The lowest BCUT2D eigenvalue weighted by atomic mass is 10.8. The minimum atomic E-state index is 0. The van der Waals surface area contributed by atoms with Gasteiger partial charge in [-0.15, -0.1) is 0 Å². The number of hydrogen-bond acceptors (Lipinski definition) is 1. The summed E-state index contributed by atoms with van der Waals surface area (Å²) in [5, 5.41) is 0. The normalized spacial score (nSPS) is 0.500. The Balaban J connectivity index is -0.00000000500. The number of nitrogens with zero attached hydrogens (tertiary/aromatic N) is 1. The minimum absolute atomic E-state index is 0. The van der Waals surface area contributed by atoms with Crippen LogP contribution in [-0.2, 0) is 0 Å². The molecular formula is CH5BNSi. The van der Waals surface area contributed by atoms with Crippen molar-refractivity contribution in [2.75, 3.05) is 0 Å². The molecule has 0 N–H and O–H groups in total. The lowest BCUT2D eigenvalue weighted by Gasteiger charge is -0.679. The summed E-state index contributed by atoms with van der Waals surface area (Å²) in [7, 11) is 1.42. The second kappa shape index (κ2) is 177000. The van der Waals surface area contributed by atoms with E-state index in [0.29, 0.717) is 0 Å². The van der Waals surface area contributed by atoms with Crippen LogP contribution in [0, 0.1) is 4.89 Å². The van der Waals surface area contributed by atoms with Crippen LogP contribution in [0.5, 0.6) is 0 Å². The molecule has 4 heavy (non-hydrogen) atoms. The van der Waals surface area contributed by atoms with Gasteiger partial charge in [-0.2, -0.15) is 0 Å². The second-order valence-corrected chi connectivity index (χ2v) is 0. The van der Waals surface area contributed by atoms with Crippen LogP contribution in [0.2, 0.25) is 0 Å². The zero-order chi connectivity index (χ0) is 2.00. The minimum Gasteiger partial charge on any atom is -0.289 e. The van der Waals surface area contributed by atoms with Gasteiger partial charge in [0.15, 0.2) is 9.88 Å². The molecule has 0 aromatic heterocycles. The van der Waals surface area contributed by atoms with Gasteiger partial charge in [0.25, 0.3) is 0 Å². The number of hydrogen-bond donors (Lipinski definition) is 0. The van der Waals surface area contributed by atoms with Crippen molar-refractivity contribution < 1.29 is 0 Å². The van der Waals surface area contributed by atoms with Crippen LogP contribution in [0.4, 0.5) is 0 Å². The van der Waals surface area contributed by atoms with E-state index >= 15 is 0 Å². The molecule has 0 fully saturated rings. The van der Waals surface area contributed by atoms with E-state index in [9.17, 15) is 0 Å². The Hall–Kier alpha value is -0.00818. The predicted octanol–water partition coefficient (Wildman–Crippen LogP) is -0.378. The highest BCUT2D eigenvalue weighted by atomic mass is 28.1. The Labute approximate surface area is 31.6 Å². The zero-order valence-electron chi connectivity index (χ0n) is 1.60. The summed E-state index contributed by atoms with van der Waals surface area (Å²) in [6, 6.07) is 0. The first kappa shape index (κ1) is 36.3. The van der Waals surface area contributed by atoms with Crippen molar-refractivity contribution in [1.82, 2.24) is 0 Å². The van der Waals surface area contributed by atoms with Gasteiger partial charge < -0.3 is 0 Å². The summed E-state index contributed by atoms with van der Waals surface area (Å²) in [4.78, 5) is 6.92. The molecule has 0 saturated heterocycles. The lowest BCUT2D eigenvalue weighted by Crippen LogP contribution is -0.793. The molecule has 0 aromatic rings. The van der Waals surface area contributed by atoms with Gasteiger partial charge in [-0.1, -0.05) is 7.43 Å². The topological polar surface area (TPSA) is 23.8 Å². The van der Waals surface area contributed by atoms with Gasteiger partial charge in [-0.25, -0.2) is 0 Å². The molecule has 0 bridgehead atoms. The average molecular weight is 70.0 g/mol. The van der Waals surface area contributed by atoms with Gasteiger partial charge in [0, 0.05) is 8.41 Å². The fourth-order valence-corrected chi connectivity index (χ4v) is 0. The molecule has 0 aliphatic heterocycles. The van der Waals surface area contributed by atoms with Gasteiger partial charge in [-0.3, -0.25) is 4.89 Å². The Morgan fingerprint density at radius 1 is 1.25 bits per heavy atom. The van der Waals surface area contributed by atoms with Crippen molar-refractivity contribution in [1.29, 1.82) is 4.89 Å². The summed E-state index contributed by atoms with van der Waals surface area (Å²) in [6.45, 7) is 0. The van der Waals surface area contributed by atoms with Crippen LogP contribution in [0.25, 0.3) is 0 Å². The Morgan fingerprint density at radius 2 is 1.25 bits per heavy atom. The second-order valence-electron chi connectivity index (χ2n) is 0. The molecule has 1 nitrogen and oxygen atoms in total. The summed E-state index contributed by atoms with van der Waals surface area (Å²) in [5.74, 6) is 0. The Morgan fingerprint density at radius 3 is 1.25 bits per heavy atom. The molecule has 0 amide bonds. The third-order valence-corrected chi connectivity index (χ3v) is 0. The van der Waals surface area contributed by atoms with E-state index in [2.05, 4.69) is 0 Å². The van der Waals surface area contributed by atoms with Gasteiger partial charge in [0.2, 0.25) is 0 Å². The molecule has 0 aliphatic rings. The maximum Gasteiger partial charge on any atom is 0.176 e. The van der Waals surface area contributed by atoms with Crippen molar-refractivity contribution in [3.05, 3.63) is 0 Å². The quantitative estimate of drug-likeness (QED) is 0.356. The van der Waals surface area contributed by atoms with Crippen LogP contribution in [0.3, 0.4) is 0 Å². The van der Waals surface area contributed by atoms with Crippen molar-refractivity contribution in [2.24, 2.45) is 0 Å². The van der Waals surface area contributed by atoms with Crippen molar-refractivity contribution in [3.8, 4) is 0 Å². The monoisotopic (exact) mass is 70.0 g/mol. The van der Waals surface area contributed by atoms with Gasteiger partial charge in [-0.05, 0) is 0 Å². The molecule has 0 aromatic carbocycles.